The van der Waals surface area contributed by atoms with Gasteiger partial charge in [-0.15, -0.1) is 0 Å². The highest BCUT2D eigenvalue weighted by Crippen LogP contribution is 2.21. The van der Waals surface area contributed by atoms with E-state index in [1.165, 1.54) is 0 Å². The summed E-state index contributed by atoms with van der Waals surface area (Å²) in [6, 6.07) is 9.53. The van der Waals surface area contributed by atoms with Gasteiger partial charge in [-0.05, 0) is 36.6 Å². The fourth-order valence-corrected chi connectivity index (χ4v) is 3.29. The molecule has 128 valence electrons. The molecule has 1 N–H and O–H groups in total. The van der Waals surface area contributed by atoms with Crippen molar-refractivity contribution in [2.24, 2.45) is 0 Å². The summed E-state index contributed by atoms with van der Waals surface area (Å²) in [4.78, 5) is 19.3. The van der Waals surface area contributed by atoms with E-state index >= 15 is 0 Å². The van der Waals surface area contributed by atoms with E-state index in [0.29, 0.717) is 18.7 Å². The van der Waals surface area contributed by atoms with Crippen molar-refractivity contribution in [1.29, 1.82) is 0 Å². The van der Waals surface area contributed by atoms with Gasteiger partial charge in [0.05, 0.1) is 23.4 Å². The van der Waals surface area contributed by atoms with Crippen molar-refractivity contribution in [3.63, 3.8) is 0 Å². The predicted molar refractivity (Wildman–Crippen MR) is 94.0 cm³/mol. The summed E-state index contributed by atoms with van der Waals surface area (Å²) in [5, 5.41) is 7.83. The Labute approximate surface area is 145 Å². The molecule has 1 aliphatic heterocycles. The van der Waals surface area contributed by atoms with Crippen LogP contribution in [0.5, 0.6) is 0 Å². The van der Waals surface area contributed by atoms with Crippen LogP contribution in [0.1, 0.15) is 28.8 Å². The first-order valence-electron chi connectivity index (χ1n) is 8.53. The fourth-order valence-electron chi connectivity index (χ4n) is 3.29. The van der Waals surface area contributed by atoms with E-state index in [9.17, 15) is 4.79 Å². The molecule has 0 bridgehead atoms. The number of hydrogen-bond donors (Lipinski definition) is 1. The number of rotatable bonds is 5. The van der Waals surface area contributed by atoms with Crippen molar-refractivity contribution in [1.82, 2.24) is 20.1 Å². The maximum Gasteiger partial charge on any atom is 0.254 e. The number of fused-ring (bicyclic) bond motifs is 1. The quantitative estimate of drug-likeness (QED) is 0.778. The molecule has 1 amide bonds. The Bertz CT molecular complexity index is 856. The SMILES string of the molecule is O=C(c1cccc2[nH]ncc12)N(Cc1cccnc1)C[C@@H]1CCCO1. The van der Waals surface area contributed by atoms with Gasteiger partial charge in [-0.1, -0.05) is 12.1 Å². The Kier molecular flexibility index (Phi) is 4.43. The van der Waals surface area contributed by atoms with Crippen LogP contribution in [-0.2, 0) is 11.3 Å². The van der Waals surface area contributed by atoms with Gasteiger partial charge < -0.3 is 9.64 Å². The zero-order valence-electron chi connectivity index (χ0n) is 13.9. The summed E-state index contributed by atoms with van der Waals surface area (Å²) in [6.45, 7) is 1.87. The molecule has 0 unspecified atom stereocenters. The van der Waals surface area contributed by atoms with Gasteiger partial charge in [0, 0.05) is 37.5 Å². The van der Waals surface area contributed by atoms with Gasteiger partial charge in [-0.3, -0.25) is 14.9 Å². The number of ether oxygens (including phenoxy) is 1. The predicted octanol–water partition coefficient (Wildman–Crippen LogP) is 2.78. The van der Waals surface area contributed by atoms with Crippen LogP contribution in [0.4, 0.5) is 0 Å². The van der Waals surface area contributed by atoms with E-state index in [-0.39, 0.29) is 12.0 Å². The van der Waals surface area contributed by atoms with E-state index in [0.717, 1.165) is 35.9 Å². The zero-order valence-corrected chi connectivity index (χ0v) is 13.9. The number of carbonyl (C=O) groups excluding carboxylic acids is 1. The number of benzene rings is 1. The number of aromatic nitrogens is 3. The normalized spacial score (nSPS) is 17.0. The van der Waals surface area contributed by atoms with E-state index in [4.69, 9.17) is 4.74 Å². The van der Waals surface area contributed by atoms with E-state index < -0.39 is 0 Å². The van der Waals surface area contributed by atoms with E-state index in [2.05, 4.69) is 15.2 Å². The highest BCUT2D eigenvalue weighted by molar-refractivity contribution is 6.06. The average molecular weight is 336 g/mol. The number of H-pyrrole nitrogens is 1. The summed E-state index contributed by atoms with van der Waals surface area (Å²) in [7, 11) is 0. The largest absolute Gasteiger partial charge is 0.376 e. The van der Waals surface area contributed by atoms with Gasteiger partial charge in [-0.2, -0.15) is 5.10 Å². The molecule has 4 rings (SSSR count). The molecule has 25 heavy (non-hydrogen) atoms. The lowest BCUT2D eigenvalue weighted by molar-refractivity contribution is 0.0508. The van der Waals surface area contributed by atoms with Gasteiger partial charge in [0.1, 0.15) is 0 Å². The van der Waals surface area contributed by atoms with Crippen molar-refractivity contribution >= 4 is 16.8 Å². The van der Waals surface area contributed by atoms with Crippen molar-refractivity contribution in [3.8, 4) is 0 Å². The summed E-state index contributed by atoms with van der Waals surface area (Å²) < 4.78 is 5.75. The van der Waals surface area contributed by atoms with Crippen LogP contribution in [0.2, 0.25) is 0 Å². The van der Waals surface area contributed by atoms with Gasteiger partial charge in [0.15, 0.2) is 0 Å². The van der Waals surface area contributed by atoms with Gasteiger partial charge in [0.25, 0.3) is 5.91 Å². The fraction of sp³-hybridized carbons (Fsp3) is 0.316. The second kappa shape index (κ2) is 7.03. The number of nitrogens with one attached hydrogen (secondary N) is 1. The molecular formula is C19H20N4O2. The smallest absolute Gasteiger partial charge is 0.254 e. The number of hydrogen-bond acceptors (Lipinski definition) is 4. The van der Waals surface area contributed by atoms with E-state index in [1.807, 2.05) is 35.2 Å². The Hall–Kier alpha value is -2.73. The molecule has 1 saturated heterocycles. The number of nitrogens with zero attached hydrogens (tertiary/aromatic N) is 3. The lowest BCUT2D eigenvalue weighted by atomic mass is 10.1. The standard InChI is InChI=1S/C19H20N4O2/c24-19(16-6-1-7-18-17(16)11-21-22-18)23(13-15-5-3-9-25-15)12-14-4-2-8-20-10-14/h1-2,4,6-8,10-11,15H,3,5,9,12-13H2,(H,21,22)/t15-/m0/s1. The molecule has 1 fully saturated rings. The lowest BCUT2D eigenvalue weighted by Crippen LogP contribution is -2.37. The first-order chi connectivity index (χ1) is 12.3. The minimum absolute atomic E-state index is 0.00801. The maximum absolute atomic E-state index is 13.3. The molecule has 0 radical (unpaired) electrons. The topological polar surface area (TPSA) is 71.1 Å². The van der Waals surface area contributed by atoms with Crippen LogP contribution in [0.3, 0.4) is 0 Å². The molecule has 3 heterocycles. The summed E-state index contributed by atoms with van der Waals surface area (Å²) >= 11 is 0. The molecule has 0 aliphatic carbocycles. The van der Waals surface area contributed by atoms with Crippen molar-refractivity contribution < 1.29 is 9.53 Å². The molecule has 1 aromatic carbocycles. The van der Waals surface area contributed by atoms with Crippen molar-refractivity contribution in [3.05, 3.63) is 60.0 Å². The van der Waals surface area contributed by atoms with Crippen LogP contribution in [0, 0.1) is 0 Å². The third-order valence-corrected chi connectivity index (χ3v) is 4.55. The van der Waals surface area contributed by atoms with Crippen molar-refractivity contribution in [2.45, 2.75) is 25.5 Å². The lowest BCUT2D eigenvalue weighted by Gasteiger charge is -2.26. The first-order valence-corrected chi connectivity index (χ1v) is 8.53. The minimum atomic E-state index is -0.00801. The average Bonchev–Trinajstić information content (AvgIpc) is 3.32. The third-order valence-electron chi connectivity index (χ3n) is 4.55. The molecule has 6 nitrogen and oxygen atoms in total. The maximum atomic E-state index is 13.3. The molecule has 3 aromatic rings. The summed E-state index contributed by atoms with van der Waals surface area (Å²) in [5.41, 5.74) is 2.53. The second-order valence-electron chi connectivity index (χ2n) is 6.32. The molecule has 1 atom stereocenters. The molecule has 0 saturated carbocycles. The van der Waals surface area contributed by atoms with Gasteiger partial charge in [0.2, 0.25) is 0 Å². The van der Waals surface area contributed by atoms with Crippen LogP contribution < -0.4 is 0 Å². The highest BCUT2D eigenvalue weighted by Gasteiger charge is 2.25. The van der Waals surface area contributed by atoms with E-state index in [1.54, 1.807) is 18.6 Å². The third kappa shape index (κ3) is 3.39. The molecule has 2 aromatic heterocycles. The van der Waals surface area contributed by atoms with Crippen LogP contribution in [0.15, 0.2) is 48.9 Å². The van der Waals surface area contributed by atoms with Crippen LogP contribution >= 0.6 is 0 Å². The number of aromatic amines is 1. The molecule has 0 spiro atoms. The Morgan fingerprint density at radius 1 is 1.28 bits per heavy atom. The van der Waals surface area contributed by atoms with Crippen LogP contribution in [0.25, 0.3) is 10.9 Å². The number of amides is 1. The summed E-state index contributed by atoms with van der Waals surface area (Å²) in [6.07, 6.45) is 7.39. The van der Waals surface area contributed by atoms with Crippen molar-refractivity contribution in [2.75, 3.05) is 13.2 Å². The van der Waals surface area contributed by atoms with Gasteiger partial charge >= 0.3 is 0 Å². The highest BCUT2D eigenvalue weighted by atomic mass is 16.5. The first kappa shape index (κ1) is 15.8. The minimum Gasteiger partial charge on any atom is -0.376 e. The Morgan fingerprint density at radius 2 is 2.24 bits per heavy atom. The van der Waals surface area contributed by atoms with Crippen LogP contribution in [-0.4, -0.2) is 45.2 Å². The molecule has 6 heteroatoms. The second-order valence-corrected chi connectivity index (χ2v) is 6.32. The number of pyridine rings is 1. The monoisotopic (exact) mass is 336 g/mol. The van der Waals surface area contributed by atoms with Gasteiger partial charge in [-0.25, -0.2) is 0 Å². The molecular weight excluding hydrogens is 316 g/mol. The molecule has 1 aliphatic rings. The zero-order chi connectivity index (χ0) is 17.1. The Balaban J connectivity index is 1.63. The number of carbonyl (C=O) groups is 1. The summed E-state index contributed by atoms with van der Waals surface area (Å²) in [5.74, 6) is -0.00801. The Morgan fingerprint density at radius 3 is 3.04 bits per heavy atom.